The largest absolute Gasteiger partial charge is 0.0696 e. The van der Waals surface area contributed by atoms with Crippen LogP contribution in [0.1, 0.15) is 166 Å². The van der Waals surface area contributed by atoms with Crippen LogP contribution in [-0.2, 0) is 17.3 Å². The van der Waals surface area contributed by atoms with Crippen LogP contribution in [0.4, 0.5) is 0 Å². The van der Waals surface area contributed by atoms with Crippen molar-refractivity contribution in [2.75, 3.05) is 0 Å². The van der Waals surface area contributed by atoms with Crippen LogP contribution in [0.3, 0.4) is 0 Å². The first-order chi connectivity index (χ1) is 20.0. The maximum atomic E-state index is 2.63. The molecule has 0 saturated heterocycles. The van der Waals surface area contributed by atoms with E-state index >= 15 is 0 Å². The van der Waals surface area contributed by atoms with E-state index in [1.165, 1.54) is 108 Å². The fourth-order valence-corrected chi connectivity index (χ4v) is 8.29. The molecule has 226 valence electrons. The standard InChI is InChI=1S/C40H52.C2H6/c1-26(27-14-10-8-11-15-27)22-33-32-23-29-18-20-37(40(5,6)7)35-25-30(28-16-12-9-13-17-28)24-34(38(29)35)31(32)19-21-36(33)39(2,3)4;1-2/h18-22,24-25,27-28H,8-17,23H2,1-7H3;1-2H3/b26-22+;. The lowest BCUT2D eigenvalue weighted by Gasteiger charge is -2.32. The molecule has 0 N–H and O–H groups in total. The molecule has 0 aliphatic heterocycles. The van der Waals surface area contributed by atoms with E-state index in [1.807, 2.05) is 13.8 Å². The minimum atomic E-state index is 0.114. The third kappa shape index (κ3) is 6.02. The zero-order chi connectivity index (χ0) is 30.2. The Morgan fingerprint density at radius 1 is 0.690 bits per heavy atom. The van der Waals surface area contributed by atoms with Crippen molar-refractivity contribution >= 4 is 16.8 Å². The Hall–Kier alpha value is -2.34. The summed E-state index contributed by atoms with van der Waals surface area (Å²) in [6.45, 7) is 20.8. The van der Waals surface area contributed by atoms with E-state index in [0.29, 0.717) is 5.92 Å². The van der Waals surface area contributed by atoms with Crippen LogP contribution >= 0.6 is 0 Å². The summed E-state index contributed by atoms with van der Waals surface area (Å²) in [4.78, 5) is 0. The van der Waals surface area contributed by atoms with Crippen LogP contribution in [-0.4, -0.2) is 0 Å². The summed E-state index contributed by atoms with van der Waals surface area (Å²) in [7, 11) is 0. The highest BCUT2D eigenvalue weighted by atomic mass is 14.3. The van der Waals surface area contributed by atoms with Gasteiger partial charge in [0.2, 0.25) is 0 Å². The van der Waals surface area contributed by atoms with Crippen molar-refractivity contribution in [3.05, 3.63) is 75.4 Å². The van der Waals surface area contributed by atoms with Gasteiger partial charge in [-0.15, -0.1) is 0 Å². The van der Waals surface area contributed by atoms with E-state index < -0.39 is 0 Å². The monoisotopic (exact) mass is 562 g/mol. The smallest absolute Gasteiger partial charge is 0.000717 e. The minimum absolute atomic E-state index is 0.114. The summed E-state index contributed by atoms with van der Waals surface area (Å²) in [5.74, 6) is 1.46. The fraction of sp³-hybridized carbons (Fsp3) is 0.571. The molecule has 0 aromatic heterocycles. The summed E-state index contributed by atoms with van der Waals surface area (Å²) >= 11 is 0. The first-order valence-corrected chi connectivity index (χ1v) is 17.5. The van der Waals surface area contributed by atoms with Gasteiger partial charge in [-0.1, -0.05) is 142 Å². The highest BCUT2D eigenvalue weighted by Gasteiger charge is 2.30. The van der Waals surface area contributed by atoms with Crippen molar-refractivity contribution < 1.29 is 0 Å². The van der Waals surface area contributed by atoms with Gasteiger partial charge in [-0.25, -0.2) is 0 Å². The first kappa shape index (κ1) is 31.1. The van der Waals surface area contributed by atoms with Crippen molar-refractivity contribution in [2.45, 2.75) is 150 Å². The molecular weight excluding hydrogens is 504 g/mol. The van der Waals surface area contributed by atoms with Gasteiger partial charge in [0, 0.05) is 0 Å². The maximum absolute atomic E-state index is 2.63. The second-order valence-electron chi connectivity index (χ2n) is 15.6. The van der Waals surface area contributed by atoms with Crippen LogP contribution < -0.4 is 0 Å². The fourth-order valence-electron chi connectivity index (χ4n) is 8.29. The van der Waals surface area contributed by atoms with Gasteiger partial charge >= 0.3 is 0 Å². The molecule has 0 heteroatoms. The molecule has 3 aliphatic carbocycles. The normalized spacial score (nSPS) is 18.5. The lowest BCUT2D eigenvalue weighted by molar-refractivity contribution is 0.404. The van der Waals surface area contributed by atoms with Crippen molar-refractivity contribution in [2.24, 2.45) is 5.92 Å². The van der Waals surface area contributed by atoms with E-state index in [4.69, 9.17) is 0 Å². The summed E-state index contributed by atoms with van der Waals surface area (Å²) in [5, 5.41) is 3.05. The Labute approximate surface area is 258 Å². The summed E-state index contributed by atoms with van der Waals surface area (Å²) in [5.41, 5.74) is 14.1. The molecule has 0 bridgehead atoms. The number of fused-ring (bicyclic) bond motifs is 2. The lowest BCUT2D eigenvalue weighted by Crippen LogP contribution is -2.18. The zero-order valence-corrected chi connectivity index (χ0v) is 28.5. The van der Waals surface area contributed by atoms with E-state index in [0.717, 1.165) is 12.3 Å². The van der Waals surface area contributed by atoms with Crippen molar-refractivity contribution in [3.8, 4) is 11.1 Å². The third-order valence-electron chi connectivity index (χ3n) is 10.6. The Morgan fingerprint density at radius 3 is 1.90 bits per heavy atom. The molecule has 0 heterocycles. The molecule has 3 aromatic rings. The molecule has 3 aliphatic rings. The first-order valence-electron chi connectivity index (χ1n) is 17.5. The number of hydrogen-bond donors (Lipinski definition) is 0. The van der Waals surface area contributed by atoms with E-state index in [9.17, 15) is 0 Å². The highest BCUT2D eigenvalue weighted by Crippen LogP contribution is 2.48. The second kappa shape index (κ2) is 12.3. The minimum Gasteiger partial charge on any atom is -0.0696 e. The van der Waals surface area contributed by atoms with Crippen LogP contribution in [0, 0.1) is 5.92 Å². The van der Waals surface area contributed by atoms with Crippen LogP contribution in [0.2, 0.25) is 0 Å². The molecule has 3 aromatic carbocycles. The van der Waals surface area contributed by atoms with Gasteiger partial charge in [0.1, 0.15) is 0 Å². The van der Waals surface area contributed by atoms with Gasteiger partial charge in [-0.05, 0) is 117 Å². The Balaban J connectivity index is 0.00000173. The molecule has 0 nitrogen and oxygen atoms in total. The van der Waals surface area contributed by atoms with Crippen LogP contribution in [0.5, 0.6) is 0 Å². The summed E-state index contributed by atoms with van der Waals surface area (Å²) in [6, 6.07) is 15.2. The van der Waals surface area contributed by atoms with Crippen molar-refractivity contribution in [3.63, 3.8) is 0 Å². The van der Waals surface area contributed by atoms with Crippen LogP contribution in [0.15, 0.2) is 42.0 Å². The van der Waals surface area contributed by atoms with Gasteiger partial charge < -0.3 is 0 Å². The number of allylic oxidation sites excluding steroid dienone is 1. The molecular formula is C42H58. The van der Waals surface area contributed by atoms with Gasteiger partial charge in [0.25, 0.3) is 0 Å². The summed E-state index contributed by atoms with van der Waals surface area (Å²) in [6.07, 6.45) is 17.5. The molecule has 6 rings (SSSR count). The predicted octanol–water partition coefficient (Wildman–Crippen LogP) is 13.1. The average molecular weight is 563 g/mol. The van der Waals surface area contributed by atoms with Crippen molar-refractivity contribution in [1.29, 1.82) is 0 Å². The van der Waals surface area contributed by atoms with Gasteiger partial charge in [0.15, 0.2) is 0 Å². The number of benzene rings is 3. The van der Waals surface area contributed by atoms with Gasteiger partial charge in [-0.2, -0.15) is 0 Å². The van der Waals surface area contributed by atoms with Gasteiger partial charge in [-0.3, -0.25) is 0 Å². The Bertz CT molecular complexity index is 1440. The predicted molar refractivity (Wildman–Crippen MR) is 187 cm³/mol. The molecule has 0 amide bonds. The zero-order valence-electron chi connectivity index (χ0n) is 28.5. The summed E-state index contributed by atoms with van der Waals surface area (Å²) < 4.78 is 0. The number of hydrogen-bond acceptors (Lipinski definition) is 0. The van der Waals surface area contributed by atoms with Crippen molar-refractivity contribution in [1.82, 2.24) is 0 Å². The molecule has 42 heavy (non-hydrogen) atoms. The maximum Gasteiger partial charge on any atom is -0.000717 e. The molecule has 0 unspecified atom stereocenters. The van der Waals surface area contributed by atoms with Gasteiger partial charge in [0.05, 0.1) is 0 Å². The Morgan fingerprint density at radius 2 is 1.29 bits per heavy atom. The molecule has 0 atom stereocenters. The molecule has 0 radical (unpaired) electrons. The topological polar surface area (TPSA) is 0 Å². The quantitative estimate of drug-likeness (QED) is 0.233. The molecule has 0 spiro atoms. The van der Waals surface area contributed by atoms with E-state index in [-0.39, 0.29) is 10.8 Å². The number of rotatable bonds is 3. The van der Waals surface area contributed by atoms with Crippen LogP contribution in [0.25, 0.3) is 28.0 Å². The SMILES string of the molecule is C/C(=C\c1c(C(C)(C)C)ccc2c1Cc1ccc(C(C)(C)C)c3cc(C4CCCCC4)cc-2c13)C1CCCCC1.CC. The highest BCUT2D eigenvalue weighted by molar-refractivity contribution is 6.05. The molecule has 2 saturated carbocycles. The molecule has 2 fully saturated rings. The second-order valence-corrected chi connectivity index (χ2v) is 15.6. The van der Waals surface area contributed by atoms with E-state index in [2.05, 4.69) is 90.9 Å². The third-order valence-corrected chi connectivity index (χ3v) is 10.6. The lowest BCUT2D eigenvalue weighted by atomic mass is 9.72. The van der Waals surface area contributed by atoms with E-state index in [1.54, 1.807) is 16.7 Å². The Kier molecular flexibility index (Phi) is 9.14. The average Bonchev–Trinajstić information content (AvgIpc) is 2.98.